The van der Waals surface area contributed by atoms with E-state index in [2.05, 4.69) is 22.0 Å². The zero-order valence-electron chi connectivity index (χ0n) is 11.2. The summed E-state index contributed by atoms with van der Waals surface area (Å²) in [7, 11) is 0. The third-order valence-electron chi connectivity index (χ3n) is 4.35. The van der Waals surface area contributed by atoms with Crippen LogP contribution in [0.25, 0.3) is 10.9 Å². The van der Waals surface area contributed by atoms with Gasteiger partial charge in [0.2, 0.25) is 0 Å². The molecule has 4 nitrogen and oxygen atoms in total. The summed E-state index contributed by atoms with van der Waals surface area (Å²) in [6.45, 7) is 3.33. The predicted octanol–water partition coefficient (Wildman–Crippen LogP) is 2.04. The molecule has 2 aliphatic heterocycles. The summed E-state index contributed by atoms with van der Waals surface area (Å²) >= 11 is 5.44. The van der Waals surface area contributed by atoms with Crippen molar-refractivity contribution in [3.8, 4) is 0 Å². The van der Waals surface area contributed by atoms with Crippen molar-refractivity contribution in [3.05, 3.63) is 35.5 Å². The Balaban J connectivity index is 1.82. The van der Waals surface area contributed by atoms with Gasteiger partial charge < -0.3 is 9.88 Å². The standard InChI is InChI=1S/C15H15N3OS/c1-2-17-14(19)13-7-10-9-5-3-4-6-11(9)16-12(10)8-18(13)15(17)20/h3-6,13,16H,2,7-8H2,1H3. The van der Waals surface area contributed by atoms with Crippen molar-refractivity contribution in [2.24, 2.45) is 0 Å². The zero-order chi connectivity index (χ0) is 13.9. The van der Waals surface area contributed by atoms with Gasteiger partial charge in [-0.05, 0) is 30.8 Å². The number of aromatic nitrogens is 1. The Morgan fingerprint density at radius 1 is 1.40 bits per heavy atom. The van der Waals surface area contributed by atoms with Crippen LogP contribution in [0.4, 0.5) is 0 Å². The van der Waals surface area contributed by atoms with Crippen molar-refractivity contribution in [2.75, 3.05) is 6.54 Å². The number of nitrogens with one attached hydrogen (secondary N) is 1. The van der Waals surface area contributed by atoms with Crippen LogP contribution in [-0.4, -0.2) is 38.4 Å². The number of nitrogens with zero attached hydrogens (tertiary/aromatic N) is 2. The summed E-state index contributed by atoms with van der Waals surface area (Å²) < 4.78 is 0. The maximum atomic E-state index is 12.4. The van der Waals surface area contributed by atoms with E-state index in [1.165, 1.54) is 16.6 Å². The second-order valence-corrected chi connectivity index (χ2v) is 5.71. The van der Waals surface area contributed by atoms with Crippen molar-refractivity contribution in [2.45, 2.75) is 25.9 Å². The van der Waals surface area contributed by atoms with Crippen LogP contribution in [0, 0.1) is 0 Å². The highest BCUT2D eigenvalue weighted by Crippen LogP contribution is 2.34. The highest BCUT2D eigenvalue weighted by atomic mass is 32.1. The molecule has 1 atom stereocenters. The lowest BCUT2D eigenvalue weighted by atomic mass is 9.97. The van der Waals surface area contributed by atoms with Gasteiger partial charge in [-0.3, -0.25) is 9.69 Å². The van der Waals surface area contributed by atoms with Gasteiger partial charge in [0.15, 0.2) is 5.11 Å². The second kappa shape index (κ2) is 4.06. The van der Waals surface area contributed by atoms with Crippen LogP contribution in [0.1, 0.15) is 18.2 Å². The van der Waals surface area contributed by atoms with Gasteiger partial charge in [0, 0.05) is 29.6 Å². The number of likely N-dealkylation sites (N-methyl/N-ethyl adjacent to an activating group) is 1. The zero-order valence-corrected chi connectivity index (χ0v) is 12.0. The van der Waals surface area contributed by atoms with E-state index in [1.54, 1.807) is 4.90 Å². The largest absolute Gasteiger partial charge is 0.357 e. The SMILES string of the molecule is CCN1C(=O)C2Cc3c([nH]c4ccccc34)CN2C1=S. The van der Waals surface area contributed by atoms with E-state index in [0.717, 1.165) is 11.9 Å². The number of carbonyl (C=O) groups is 1. The number of benzene rings is 1. The smallest absolute Gasteiger partial charge is 0.251 e. The van der Waals surface area contributed by atoms with Gasteiger partial charge in [-0.25, -0.2) is 0 Å². The van der Waals surface area contributed by atoms with Crippen LogP contribution < -0.4 is 0 Å². The molecule has 102 valence electrons. The first-order valence-electron chi connectivity index (χ1n) is 6.91. The molecule has 4 rings (SSSR count). The third-order valence-corrected chi connectivity index (χ3v) is 4.80. The topological polar surface area (TPSA) is 39.3 Å². The van der Waals surface area contributed by atoms with E-state index in [4.69, 9.17) is 12.2 Å². The minimum Gasteiger partial charge on any atom is -0.357 e. The number of fused-ring (bicyclic) bond motifs is 4. The summed E-state index contributed by atoms with van der Waals surface area (Å²) in [4.78, 5) is 19.7. The Hall–Kier alpha value is -1.88. The molecular weight excluding hydrogens is 270 g/mol. The maximum Gasteiger partial charge on any atom is 0.251 e. The lowest BCUT2D eigenvalue weighted by molar-refractivity contribution is -0.128. The molecule has 20 heavy (non-hydrogen) atoms. The molecule has 1 N–H and O–H groups in total. The Bertz CT molecular complexity index is 736. The van der Waals surface area contributed by atoms with Crippen molar-refractivity contribution in [3.63, 3.8) is 0 Å². The normalized spacial score (nSPS) is 21.6. The maximum absolute atomic E-state index is 12.4. The molecular formula is C15H15N3OS. The number of hydrogen-bond donors (Lipinski definition) is 1. The number of para-hydroxylation sites is 1. The number of thiocarbonyl (C=S) groups is 1. The van der Waals surface area contributed by atoms with Gasteiger partial charge >= 0.3 is 0 Å². The highest BCUT2D eigenvalue weighted by molar-refractivity contribution is 7.80. The van der Waals surface area contributed by atoms with Crippen molar-refractivity contribution in [1.29, 1.82) is 0 Å². The fraction of sp³-hybridized carbons (Fsp3) is 0.333. The molecule has 1 unspecified atom stereocenters. The molecule has 0 spiro atoms. The minimum absolute atomic E-state index is 0.117. The van der Waals surface area contributed by atoms with Crippen LogP contribution in [0.15, 0.2) is 24.3 Å². The molecule has 0 bridgehead atoms. The number of H-pyrrole nitrogens is 1. The van der Waals surface area contributed by atoms with E-state index in [-0.39, 0.29) is 11.9 Å². The Kier molecular flexibility index (Phi) is 2.41. The predicted molar refractivity (Wildman–Crippen MR) is 81.3 cm³/mol. The monoisotopic (exact) mass is 285 g/mol. The first kappa shape index (κ1) is 11.9. The van der Waals surface area contributed by atoms with Gasteiger partial charge in [0.05, 0.1) is 6.54 Å². The molecule has 1 aromatic heterocycles. The minimum atomic E-state index is -0.117. The van der Waals surface area contributed by atoms with Crippen LogP contribution in [-0.2, 0) is 17.8 Å². The van der Waals surface area contributed by atoms with E-state index < -0.39 is 0 Å². The highest BCUT2D eigenvalue weighted by Gasteiger charge is 2.44. The number of rotatable bonds is 1. The van der Waals surface area contributed by atoms with Gasteiger partial charge in [0.25, 0.3) is 5.91 Å². The number of carbonyl (C=O) groups excluding carboxylic acids is 1. The van der Waals surface area contributed by atoms with Crippen LogP contribution in [0.3, 0.4) is 0 Å². The molecule has 2 aromatic rings. The second-order valence-electron chi connectivity index (χ2n) is 5.34. The average molecular weight is 285 g/mol. The summed E-state index contributed by atoms with van der Waals surface area (Å²) in [5, 5.41) is 1.91. The average Bonchev–Trinajstić information content (AvgIpc) is 2.94. The molecule has 2 aliphatic rings. The molecule has 0 radical (unpaired) electrons. The Labute approximate surface area is 122 Å². The summed E-state index contributed by atoms with van der Waals surface area (Å²) in [5.41, 5.74) is 3.61. The van der Waals surface area contributed by atoms with Crippen LogP contribution >= 0.6 is 12.2 Å². The van der Waals surface area contributed by atoms with E-state index >= 15 is 0 Å². The van der Waals surface area contributed by atoms with Gasteiger partial charge in [0.1, 0.15) is 6.04 Å². The Morgan fingerprint density at radius 2 is 2.20 bits per heavy atom. The van der Waals surface area contributed by atoms with Crippen molar-refractivity contribution in [1.82, 2.24) is 14.8 Å². The number of aromatic amines is 1. The third kappa shape index (κ3) is 1.41. The van der Waals surface area contributed by atoms with E-state index in [9.17, 15) is 4.79 Å². The number of hydrogen-bond acceptors (Lipinski definition) is 2. The van der Waals surface area contributed by atoms with Gasteiger partial charge in [-0.1, -0.05) is 18.2 Å². The molecule has 0 saturated carbocycles. The lowest BCUT2D eigenvalue weighted by Crippen LogP contribution is -2.39. The fourth-order valence-corrected chi connectivity index (χ4v) is 3.76. The first-order valence-corrected chi connectivity index (χ1v) is 7.32. The molecule has 3 heterocycles. The van der Waals surface area contributed by atoms with E-state index in [1.807, 2.05) is 19.1 Å². The molecule has 1 fully saturated rings. The summed E-state index contributed by atoms with van der Waals surface area (Å²) in [6.07, 6.45) is 0.745. The molecule has 1 aromatic carbocycles. The first-order chi connectivity index (χ1) is 9.70. The van der Waals surface area contributed by atoms with Crippen LogP contribution in [0.5, 0.6) is 0 Å². The van der Waals surface area contributed by atoms with Crippen molar-refractivity contribution < 1.29 is 4.79 Å². The quantitative estimate of drug-likeness (QED) is 0.815. The fourth-order valence-electron chi connectivity index (χ4n) is 3.35. The summed E-state index contributed by atoms with van der Waals surface area (Å²) in [5.74, 6) is 0.147. The summed E-state index contributed by atoms with van der Waals surface area (Å²) in [6, 6.07) is 8.16. The number of amides is 1. The lowest BCUT2D eigenvalue weighted by Gasteiger charge is -2.28. The molecule has 0 aliphatic carbocycles. The Morgan fingerprint density at radius 3 is 3.00 bits per heavy atom. The molecule has 1 saturated heterocycles. The van der Waals surface area contributed by atoms with Crippen molar-refractivity contribution >= 4 is 34.1 Å². The molecule has 1 amide bonds. The van der Waals surface area contributed by atoms with Gasteiger partial charge in [-0.2, -0.15) is 0 Å². The molecule has 5 heteroatoms. The van der Waals surface area contributed by atoms with Crippen LogP contribution in [0.2, 0.25) is 0 Å². The van der Waals surface area contributed by atoms with Gasteiger partial charge in [-0.15, -0.1) is 0 Å². The van der Waals surface area contributed by atoms with E-state index in [0.29, 0.717) is 18.2 Å².